The fourth-order valence-electron chi connectivity index (χ4n) is 1.15. The lowest BCUT2D eigenvalue weighted by atomic mass is 10.2. The minimum absolute atomic E-state index is 0.172. The smallest absolute Gasteiger partial charge is 0.303 e. The lowest BCUT2D eigenvalue weighted by molar-refractivity contribution is -0.168. The molecular weight excluding hydrogens is 164 g/mol. The van der Waals surface area contributed by atoms with Gasteiger partial charge in [-0.25, -0.2) is 0 Å². The minimum atomic E-state index is -1.11. The molecule has 5 nitrogen and oxygen atoms in total. The zero-order chi connectivity index (χ0) is 9.14. The van der Waals surface area contributed by atoms with Gasteiger partial charge in [0.25, 0.3) is 0 Å². The third-order valence-electron chi connectivity index (χ3n) is 1.67. The molecule has 0 aliphatic carbocycles. The van der Waals surface area contributed by atoms with Crippen LogP contribution in [0.25, 0.3) is 0 Å². The monoisotopic (exact) mass is 176 g/mol. The van der Waals surface area contributed by atoms with E-state index < -0.39 is 24.5 Å². The van der Waals surface area contributed by atoms with Crippen molar-refractivity contribution in [3.8, 4) is 0 Å². The molecule has 3 atom stereocenters. The van der Waals surface area contributed by atoms with E-state index in [2.05, 4.69) is 0 Å². The number of aliphatic hydroxyl groups is 2. The second-order valence-corrected chi connectivity index (χ2v) is 2.71. The Morgan fingerprint density at radius 2 is 2.42 bits per heavy atom. The van der Waals surface area contributed by atoms with Gasteiger partial charge in [-0.15, -0.1) is 0 Å². The van der Waals surface area contributed by atoms with Gasteiger partial charge in [0.15, 0.2) is 12.4 Å². The zero-order valence-corrected chi connectivity index (χ0v) is 6.77. The largest absolute Gasteiger partial charge is 0.457 e. The average Bonchev–Trinajstić information content (AvgIpc) is 2.31. The SMILES string of the molecule is CC(=O)O[C@H]1C[C@@H](CO)O[C@H]1O. The van der Waals surface area contributed by atoms with Crippen LogP contribution in [0, 0.1) is 0 Å². The van der Waals surface area contributed by atoms with Gasteiger partial charge >= 0.3 is 5.97 Å². The summed E-state index contributed by atoms with van der Waals surface area (Å²) in [5.41, 5.74) is 0. The molecule has 1 saturated heterocycles. The predicted molar refractivity (Wildman–Crippen MR) is 38.1 cm³/mol. The molecule has 70 valence electrons. The Labute approximate surface area is 69.9 Å². The molecule has 1 aliphatic rings. The first-order valence-corrected chi connectivity index (χ1v) is 3.75. The molecule has 1 heterocycles. The summed E-state index contributed by atoms with van der Waals surface area (Å²) in [4.78, 5) is 10.5. The number of carbonyl (C=O) groups is 1. The molecule has 0 radical (unpaired) electrons. The molecule has 0 aromatic carbocycles. The quantitative estimate of drug-likeness (QED) is 0.529. The third kappa shape index (κ3) is 2.17. The van der Waals surface area contributed by atoms with Crippen molar-refractivity contribution in [1.82, 2.24) is 0 Å². The van der Waals surface area contributed by atoms with Crippen molar-refractivity contribution < 1.29 is 24.5 Å². The van der Waals surface area contributed by atoms with E-state index in [0.29, 0.717) is 6.42 Å². The summed E-state index contributed by atoms with van der Waals surface area (Å²) in [5.74, 6) is -0.457. The summed E-state index contributed by atoms with van der Waals surface area (Å²) in [5, 5.41) is 17.8. The summed E-state index contributed by atoms with van der Waals surface area (Å²) < 4.78 is 9.58. The van der Waals surface area contributed by atoms with Crippen LogP contribution in [-0.2, 0) is 14.3 Å². The van der Waals surface area contributed by atoms with Crippen LogP contribution in [-0.4, -0.2) is 41.3 Å². The van der Waals surface area contributed by atoms with Crippen LogP contribution in [0.5, 0.6) is 0 Å². The number of ether oxygens (including phenoxy) is 2. The number of carbonyl (C=O) groups excluding carboxylic acids is 1. The molecule has 1 aliphatic heterocycles. The molecule has 5 heteroatoms. The molecule has 0 aromatic heterocycles. The molecule has 12 heavy (non-hydrogen) atoms. The second kappa shape index (κ2) is 3.84. The fraction of sp³-hybridized carbons (Fsp3) is 0.857. The van der Waals surface area contributed by atoms with Gasteiger partial charge in [0.05, 0.1) is 12.7 Å². The molecule has 0 aromatic rings. The van der Waals surface area contributed by atoms with Crippen LogP contribution < -0.4 is 0 Å². The van der Waals surface area contributed by atoms with Crippen molar-refractivity contribution in [2.24, 2.45) is 0 Å². The Hall–Kier alpha value is -0.650. The third-order valence-corrected chi connectivity index (χ3v) is 1.67. The maximum Gasteiger partial charge on any atom is 0.303 e. The van der Waals surface area contributed by atoms with Gasteiger partial charge < -0.3 is 19.7 Å². The highest BCUT2D eigenvalue weighted by Crippen LogP contribution is 2.21. The number of aliphatic hydroxyl groups excluding tert-OH is 2. The van der Waals surface area contributed by atoms with Crippen LogP contribution in [0.1, 0.15) is 13.3 Å². The fourth-order valence-corrected chi connectivity index (χ4v) is 1.15. The maximum absolute atomic E-state index is 10.5. The maximum atomic E-state index is 10.5. The summed E-state index contributed by atoms with van der Waals surface area (Å²) >= 11 is 0. The first-order chi connectivity index (χ1) is 5.63. The minimum Gasteiger partial charge on any atom is -0.457 e. The average molecular weight is 176 g/mol. The van der Waals surface area contributed by atoms with E-state index in [1.54, 1.807) is 0 Å². The lowest BCUT2D eigenvalue weighted by Crippen LogP contribution is -2.25. The number of hydrogen-bond acceptors (Lipinski definition) is 5. The molecule has 0 amide bonds. The van der Waals surface area contributed by atoms with Gasteiger partial charge in [-0.2, -0.15) is 0 Å². The van der Waals surface area contributed by atoms with Crippen LogP contribution in [0.2, 0.25) is 0 Å². The highest BCUT2D eigenvalue weighted by molar-refractivity contribution is 5.66. The summed E-state index contributed by atoms with van der Waals surface area (Å²) in [6.07, 6.45) is -1.83. The Morgan fingerprint density at radius 1 is 1.75 bits per heavy atom. The first-order valence-electron chi connectivity index (χ1n) is 3.75. The Bertz CT molecular complexity index is 169. The summed E-state index contributed by atoms with van der Waals surface area (Å²) in [6.45, 7) is 1.09. The Kier molecular flexibility index (Phi) is 3.02. The highest BCUT2D eigenvalue weighted by atomic mass is 16.7. The molecule has 1 rings (SSSR count). The van der Waals surface area contributed by atoms with Crippen molar-refractivity contribution in [3.63, 3.8) is 0 Å². The van der Waals surface area contributed by atoms with Gasteiger partial charge in [-0.1, -0.05) is 0 Å². The molecule has 2 N–H and O–H groups in total. The van der Waals surface area contributed by atoms with Gasteiger partial charge in [0, 0.05) is 13.3 Å². The van der Waals surface area contributed by atoms with E-state index in [1.165, 1.54) is 6.92 Å². The van der Waals surface area contributed by atoms with E-state index in [0.717, 1.165) is 0 Å². The zero-order valence-electron chi connectivity index (χ0n) is 6.77. The molecule has 1 fully saturated rings. The Balaban J connectivity index is 2.40. The van der Waals surface area contributed by atoms with Crippen LogP contribution in [0.4, 0.5) is 0 Å². The van der Waals surface area contributed by atoms with Crippen molar-refractivity contribution in [2.75, 3.05) is 6.61 Å². The number of esters is 1. The highest BCUT2D eigenvalue weighted by Gasteiger charge is 2.35. The molecule has 0 spiro atoms. The Morgan fingerprint density at radius 3 is 2.83 bits per heavy atom. The van der Waals surface area contributed by atoms with Crippen LogP contribution in [0.15, 0.2) is 0 Å². The van der Waals surface area contributed by atoms with Gasteiger partial charge in [0.2, 0.25) is 0 Å². The molecule has 0 unspecified atom stereocenters. The molecular formula is C7H12O5. The topological polar surface area (TPSA) is 76.0 Å². The van der Waals surface area contributed by atoms with Gasteiger partial charge in [-0.05, 0) is 0 Å². The van der Waals surface area contributed by atoms with Gasteiger partial charge in [-0.3, -0.25) is 4.79 Å². The van der Waals surface area contributed by atoms with Crippen molar-refractivity contribution in [3.05, 3.63) is 0 Å². The van der Waals surface area contributed by atoms with Crippen LogP contribution >= 0.6 is 0 Å². The standard InChI is InChI=1S/C7H12O5/c1-4(9)11-6-2-5(3-8)12-7(6)10/h5-8,10H,2-3H2,1H3/t5-,6-,7+/m0/s1. The van der Waals surface area contributed by atoms with E-state index in [-0.39, 0.29) is 6.61 Å². The van der Waals surface area contributed by atoms with E-state index in [9.17, 15) is 4.79 Å². The number of rotatable bonds is 2. The van der Waals surface area contributed by atoms with E-state index >= 15 is 0 Å². The lowest BCUT2D eigenvalue weighted by Gasteiger charge is -2.11. The van der Waals surface area contributed by atoms with Gasteiger partial charge in [0.1, 0.15) is 0 Å². The van der Waals surface area contributed by atoms with Crippen molar-refractivity contribution in [2.45, 2.75) is 31.8 Å². The molecule has 0 bridgehead atoms. The predicted octanol–water partition coefficient (Wildman–Crippen LogP) is -0.982. The van der Waals surface area contributed by atoms with Crippen LogP contribution in [0.3, 0.4) is 0 Å². The van der Waals surface area contributed by atoms with E-state index in [1.807, 2.05) is 0 Å². The summed E-state index contributed by atoms with van der Waals surface area (Å²) in [7, 11) is 0. The normalized spacial score (nSPS) is 35.1. The first kappa shape index (κ1) is 9.44. The van der Waals surface area contributed by atoms with E-state index in [4.69, 9.17) is 19.7 Å². The van der Waals surface area contributed by atoms with Crippen molar-refractivity contribution in [1.29, 1.82) is 0 Å². The second-order valence-electron chi connectivity index (χ2n) is 2.71. The van der Waals surface area contributed by atoms with Crippen molar-refractivity contribution >= 4 is 5.97 Å². The summed E-state index contributed by atoms with van der Waals surface area (Å²) in [6, 6.07) is 0. The number of hydrogen-bond donors (Lipinski definition) is 2. The molecule has 0 saturated carbocycles.